The van der Waals surface area contributed by atoms with Gasteiger partial charge in [-0.2, -0.15) is 0 Å². The molecule has 1 N–H and O–H groups in total. The third-order valence-electron chi connectivity index (χ3n) is 4.91. The third kappa shape index (κ3) is 5.47. The van der Waals surface area contributed by atoms with Crippen molar-refractivity contribution in [3.8, 4) is 0 Å². The third-order valence-corrected chi connectivity index (χ3v) is 5.46. The highest BCUT2D eigenvalue weighted by Crippen LogP contribution is 2.22. The Balaban J connectivity index is 1.45. The molecule has 142 valence electrons. The van der Waals surface area contributed by atoms with Crippen LogP contribution in [0.2, 0.25) is 10.0 Å². The molecule has 3 rings (SSSR count). The van der Waals surface area contributed by atoms with Gasteiger partial charge in [0.2, 0.25) is 5.91 Å². The Hall–Kier alpha value is -2.04. The van der Waals surface area contributed by atoms with Crippen LogP contribution in [0.5, 0.6) is 0 Å². The van der Waals surface area contributed by atoms with Gasteiger partial charge >= 0.3 is 0 Å². The number of likely N-dealkylation sites (tertiary alicyclic amines) is 1. The van der Waals surface area contributed by atoms with E-state index in [1.807, 2.05) is 11.0 Å². The average Bonchev–Trinajstić information content (AvgIpc) is 2.67. The lowest BCUT2D eigenvalue weighted by atomic mass is 9.90. The molecule has 0 bridgehead atoms. The van der Waals surface area contributed by atoms with Crippen LogP contribution in [0.3, 0.4) is 0 Å². The molecular weight excluding hydrogens is 383 g/mol. The predicted octanol–water partition coefficient (Wildman–Crippen LogP) is 4.20. The molecule has 0 atom stereocenters. The van der Waals surface area contributed by atoms with Crippen LogP contribution in [-0.4, -0.2) is 36.3 Å². The number of amides is 2. The molecular formula is C21H22Cl2N2O2. The second-order valence-electron chi connectivity index (χ2n) is 6.82. The topological polar surface area (TPSA) is 49.4 Å². The number of carbonyl (C=O) groups is 2. The molecule has 0 aromatic heterocycles. The zero-order valence-corrected chi connectivity index (χ0v) is 16.5. The van der Waals surface area contributed by atoms with Crippen molar-refractivity contribution in [3.63, 3.8) is 0 Å². The second kappa shape index (κ2) is 9.25. The van der Waals surface area contributed by atoms with Gasteiger partial charge in [-0.25, -0.2) is 0 Å². The first-order valence-corrected chi connectivity index (χ1v) is 9.83. The number of hydrogen-bond donors (Lipinski definition) is 1. The van der Waals surface area contributed by atoms with Gasteiger partial charge in [0.05, 0.1) is 17.1 Å². The lowest BCUT2D eigenvalue weighted by Gasteiger charge is -2.32. The van der Waals surface area contributed by atoms with Crippen LogP contribution >= 0.6 is 23.2 Å². The van der Waals surface area contributed by atoms with Crippen LogP contribution in [0.25, 0.3) is 0 Å². The van der Waals surface area contributed by atoms with Crippen LogP contribution in [0.15, 0.2) is 48.5 Å². The summed E-state index contributed by atoms with van der Waals surface area (Å²) >= 11 is 11.9. The van der Waals surface area contributed by atoms with Crippen molar-refractivity contribution >= 4 is 35.0 Å². The molecule has 4 nitrogen and oxygen atoms in total. The van der Waals surface area contributed by atoms with Crippen LogP contribution in [0, 0.1) is 5.92 Å². The summed E-state index contributed by atoms with van der Waals surface area (Å²) in [4.78, 5) is 26.4. The maximum atomic E-state index is 12.4. The molecule has 1 heterocycles. The first-order chi connectivity index (χ1) is 13.0. The van der Waals surface area contributed by atoms with Crippen molar-refractivity contribution in [1.29, 1.82) is 0 Å². The first-order valence-electron chi connectivity index (χ1n) is 9.08. The van der Waals surface area contributed by atoms with Gasteiger partial charge in [0, 0.05) is 18.1 Å². The number of carbonyl (C=O) groups excluding carboxylic acids is 2. The fraction of sp³-hybridized carbons (Fsp3) is 0.333. The van der Waals surface area contributed by atoms with E-state index in [0.29, 0.717) is 16.5 Å². The molecule has 27 heavy (non-hydrogen) atoms. The monoisotopic (exact) mass is 404 g/mol. The zero-order chi connectivity index (χ0) is 19.2. The predicted molar refractivity (Wildman–Crippen MR) is 108 cm³/mol. The molecule has 1 aliphatic rings. The van der Waals surface area contributed by atoms with Crippen molar-refractivity contribution in [1.82, 2.24) is 10.2 Å². The van der Waals surface area contributed by atoms with Crippen molar-refractivity contribution < 1.29 is 9.59 Å². The van der Waals surface area contributed by atoms with E-state index in [9.17, 15) is 9.59 Å². The van der Waals surface area contributed by atoms with E-state index in [4.69, 9.17) is 23.2 Å². The highest BCUT2D eigenvalue weighted by molar-refractivity contribution is 6.36. The van der Waals surface area contributed by atoms with E-state index in [-0.39, 0.29) is 23.4 Å². The smallest absolute Gasteiger partial charge is 0.253 e. The van der Waals surface area contributed by atoms with Gasteiger partial charge in [0.1, 0.15) is 0 Å². The van der Waals surface area contributed by atoms with Crippen molar-refractivity contribution in [2.75, 3.05) is 19.6 Å². The Bertz CT molecular complexity index is 803. The van der Waals surface area contributed by atoms with E-state index >= 15 is 0 Å². The van der Waals surface area contributed by atoms with E-state index < -0.39 is 0 Å². The van der Waals surface area contributed by atoms with Gasteiger partial charge in [-0.15, -0.1) is 0 Å². The number of rotatable bonds is 5. The van der Waals surface area contributed by atoms with Crippen LogP contribution in [0.1, 0.15) is 28.8 Å². The Morgan fingerprint density at radius 3 is 2.41 bits per heavy atom. The highest BCUT2D eigenvalue weighted by Gasteiger charge is 2.23. The standard InChI is InChI=1S/C21H22Cl2N2O2/c22-17-6-7-18(19(23)13-17)21(27)24-14-20(26)25-10-8-16(9-11-25)12-15-4-2-1-3-5-15/h1-7,13,16H,8-12,14H2,(H,24,27). The molecule has 6 heteroatoms. The highest BCUT2D eigenvalue weighted by atomic mass is 35.5. The lowest BCUT2D eigenvalue weighted by Crippen LogP contribution is -2.44. The number of piperidine rings is 1. The fourth-order valence-electron chi connectivity index (χ4n) is 3.37. The maximum absolute atomic E-state index is 12.4. The summed E-state index contributed by atoms with van der Waals surface area (Å²) in [6.45, 7) is 1.43. The van der Waals surface area contributed by atoms with Crippen molar-refractivity contribution in [3.05, 3.63) is 69.7 Å². The number of benzene rings is 2. The van der Waals surface area contributed by atoms with Gasteiger partial charge in [-0.05, 0) is 48.9 Å². The number of nitrogens with one attached hydrogen (secondary N) is 1. The molecule has 2 aromatic carbocycles. The molecule has 0 spiro atoms. The van der Waals surface area contributed by atoms with Gasteiger partial charge in [0.25, 0.3) is 5.91 Å². The average molecular weight is 405 g/mol. The van der Waals surface area contributed by atoms with Crippen molar-refractivity contribution in [2.45, 2.75) is 19.3 Å². The molecule has 1 aliphatic heterocycles. The first kappa shape index (κ1) is 19.7. The quantitative estimate of drug-likeness (QED) is 0.811. The molecule has 1 saturated heterocycles. The van der Waals surface area contributed by atoms with E-state index in [1.165, 1.54) is 11.6 Å². The molecule has 2 amide bonds. The Kier molecular flexibility index (Phi) is 6.75. The minimum Gasteiger partial charge on any atom is -0.343 e. The molecule has 2 aromatic rings. The summed E-state index contributed by atoms with van der Waals surface area (Å²) in [5.74, 6) is 0.162. The summed E-state index contributed by atoms with van der Waals surface area (Å²) in [5.41, 5.74) is 1.66. The van der Waals surface area contributed by atoms with Crippen LogP contribution in [-0.2, 0) is 11.2 Å². The Morgan fingerprint density at radius 1 is 1.04 bits per heavy atom. The summed E-state index contributed by atoms with van der Waals surface area (Å²) in [5, 5.41) is 3.39. The maximum Gasteiger partial charge on any atom is 0.253 e. The number of hydrogen-bond acceptors (Lipinski definition) is 2. The number of halogens is 2. The van der Waals surface area contributed by atoms with Gasteiger partial charge in [-0.3, -0.25) is 9.59 Å². The van der Waals surface area contributed by atoms with Crippen LogP contribution in [0.4, 0.5) is 0 Å². The molecule has 0 aliphatic carbocycles. The normalized spacial score (nSPS) is 14.8. The van der Waals surface area contributed by atoms with E-state index in [0.717, 1.165) is 32.4 Å². The van der Waals surface area contributed by atoms with Gasteiger partial charge in [-0.1, -0.05) is 53.5 Å². The van der Waals surface area contributed by atoms with E-state index in [1.54, 1.807) is 12.1 Å². The Labute approximate surface area is 169 Å². The SMILES string of the molecule is O=C(NCC(=O)N1CCC(Cc2ccccc2)CC1)c1ccc(Cl)cc1Cl. The minimum absolute atomic E-state index is 0.0266. The van der Waals surface area contributed by atoms with Crippen LogP contribution < -0.4 is 5.32 Å². The largest absolute Gasteiger partial charge is 0.343 e. The summed E-state index contributed by atoms with van der Waals surface area (Å²) in [6.07, 6.45) is 3.02. The van der Waals surface area contributed by atoms with Crippen molar-refractivity contribution in [2.24, 2.45) is 5.92 Å². The van der Waals surface area contributed by atoms with Gasteiger partial charge in [0.15, 0.2) is 0 Å². The lowest BCUT2D eigenvalue weighted by molar-refractivity contribution is -0.131. The molecule has 1 fully saturated rings. The number of nitrogens with zero attached hydrogens (tertiary/aromatic N) is 1. The van der Waals surface area contributed by atoms with Gasteiger partial charge < -0.3 is 10.2 Å². The Morgan fingerprint density at radius 2 is 1.74 bits per heavy atom. The summed E-state index contributed by atoms with van der Waals surface area (Å²) in [6, 6.07) is 15.1. The minimum atomic E-state index is -0.371. The summed E-state index contributed by atoms with van der Waals surface area (Å²) in [7, 11) is 0. The molecule has 0 saturated carbocycles. The summed E-state index contributed by atoms with van der Waals surface area (Å²) < 4.78 is 0. The second-order valence-corrected chi connectivity index (χ2v) is 7.66. The molecule has 0 radical (unpaired) electrons. The zero-order valence-electron chi connectivity index (χ0n) is 15.0. The van der Waals surface area contributed by atoms with E-state index in [2.05, 4.69) is 29.6 Å². The fourth-order valence-corrected chi connectivity index (χ4v) is 3.86. The molecule has 0 unspecified atom stereocenters.